The molecule has 2 rings (SSSR count). The average Bonchev–Trinajstić information content (AvgIpc) is 3.48. The number of unbranched alkanes of at least 4 members (excludes halogenated alkanes) is 1. The summed E-state index contributed by atoms with van der Waals surface area (Å²) >= 11 is 0. The van der Waals surface area contributed by atoms with Crippen LogP contribution in [0.5, 0.6) is 0 Å². The molecule has 0 aromatic carbocycles. The molecule has 2 heterocycles. The minimum atomic E-state index is -1.26. The fourth-order valence-electron chi connectivity index (χ4n) is 3.69. The Labute approximate surface area is 191 Å². The van der Waals surface area contributed by atoms with Gasteiger partial charge in [0.05, 0.1) is 19.0 Å². The summed E-state index contributed by atoms with van der Waals surface area (Å²) in [7, 11) is 0. The van der Waals surface area contributed by atoms with Crippen LogP contribution < -0.4 is 22.1 Å². The lowest BCUT2D eigenvalue weighted by Crippen LogP contribution is -2.58. The first-order valence-corrected chi connectivity index (χ1v) is 11.0. The van der Waals surface area contributed by atoms with Gasteiger partial charge >= 0.3 is 5.97 Å². The molecule has 1 aliphatic rings. The number of aliphatic hydroxyl groups excluding tert-OH is 1. The van der Waals surface area contributed by atoms with Crippen molar-refractivity contribution < 1.29 is 29.4 Å². The Morgan fingerprint density at radius 1 is 1.24 bits per heavy atom. The maximum absolute atomic E-state index is 13.0. The Bertz CT molecular complexity index is 803. The zero-order valence-corrected chi connectivity index (χ0v) is 18.4. The number of carboxylic acids is 1. The number of nitrogens with zero attached hydrogens (tertiary/aromatic N) is 2. The highest BCUT2D eigenvalue weighted by Crippen LogP contribution is 2.19. The SMILES string of the molecule is NCCCCC(N)C(=O)NC(CO)C(=O)N1CCCC1C(=O)NC(Cc1cnc[nH]1)C(=O)O. The minimum Gasteiger partial charge on any atom is -0.480 e. The zero-order valence-electron chi connectivity index (χ0n) is 18.4. The molecule has 33 heavy (non-hydrogen) atoms. The van der Waals surface area contributed by atoms with Crippen LogP contribution in [-0.4, -0.2) is 92.6 Å². The molecule has 9 N–H and O–H groups in total. The molecule has 13 nitrogen and oxygen atoms in total. The van der Waals surface area contributed by atoms with E-state index in [-0.39, 0.29) is 13.0 Å². The molecule has 1 aromatic rings. The number of likely N-dealkylation sites (tertiary alicyclic amines) is 1. The minimum absolute atomic E-state index is 0.000886. The number of imidazole rings is 1. The first kappa shape index (κ1) is 26.2. The molecule has 0 bridgehead atoms. The van der Waals surface area contributed by atoms with Crippen LogP contribution in [0.2, 0.25) is 0 Å². The second-order valence-electron chi connectivity index (χ2n) is 8.00. The fourth-order valence-corrected chi connectivity index (χ4v) is 3.69. The molecule has 3 amide bonds. The van der Waals surface area contributed by atoms with Gasteiger partial charge in [-0.05, 0) is 32.2 Å². The van der Waals surface area contributed by atoms with Crippen LogP contribution >= 0.6 is 0 Å². The second-order valence-corrected chi connectivity index (χ2v) is 8.00. The Morgan fingerprint density at radius 3 is 2.61 bits per heavy atom. The number of aromatic amines is 1. The molecule has 0 radical (unpaired) electrons. The molecule has 0 spiro atoms. The number of aromatic nitrogens is 2. The smallest absolute Gasteiger partial charge is 0.326 e. The van der Waals surface area contributed by atoms with Gasteiger partial charge in [-0.2, -0.15) is 0 Å². The number of hydrogen-bond acceptors (Lipinski definition) is 8. The predicted octanol–water partition coefficient (Wildman–Crippen LogP) is -2.55. The van der Waals surface area contributed by atoms with Gasteiger partial charge in [-0.1, -0.05) is 6.42 Å². The number of carbonyl (C=O) groups excluding carboxylic acids is 3. The summed E-state index contributed by atoms with van der Waals surface area (Å²) in [5.74, 6) is -3.05. The summed E-state index contributed by atoms with van der Waals surface area (Å²) in [5, 5.41) is 24.1. The molecule has 0 saturated carbocycles. The number of H-pyrrole nitrogens is 1. The number of aliphatic carboxylic acids is 1. The van der Waals surface area contributed by atoms with Gasteiger partial charge in [0.2, 0.25) is 17.7 Å². The van der Waals surface area contributed by atoms with Crippen molar-refractivity contribution in [3.63, 3.8) is 0 Å². The van der Waals surface area contributed by atoms with Gasteiger partial charge < -0.3 is 42.2 Å². The predicted molar refractivity (Wildman–Crippen MR) is 116 cm³/mol. The van der Waals surface area contributed by atoms with Gasteiger partial charge in [0.1, 0.15) is 18.1 Å². The first-order chi connectivity index (χ1) is 15.8. The van der Waals surface area contributed by atoms with Gasteiger partial charge in [0.15, 0.2) is 0 Å². The van der Waals surface area contributed by atoms with Crippen molar-refractivity contribution in [3.05, 3.63) is 18.2 Å². The van der Waals surface area contributed by atoms with Crippen molar-refractivity contribution in [2.75, 3.05) is 19.7 Å². The highest BCUT2D eigenvalue weighted by atomic mass is 16.4. The van der Waals surface area contributed by atoms with Crippen molar-refractivity contribution in [2.24, 2.45) is 11.5 Å². The van der Waals surface area contributed by atoms with E-state index in [1.807, 2.05) is 0 Å². The molecule has 1 aromatic heterocycles. The van der Waals surface area contributed by atoms with Gasteiger partial charge in [-0.3, -0.25) is 14.4 Å². The summed E-state index contributed by atoms with van der Waals surface area (Å²) in [4.78, 5) is 57.6. The summed E-state index contributed by atoms with van der Waals surface area (Å²) in [5.41, 5.74) is 11.8. The fraction of sp³-hybridized carbons (Fsp3) is 0.650. The number of amides is 3. The summed E-state index contributed by atoms with van der Waals surface area (Å²) in [6.07, 6.45) is 5.47. The Kier molecular flexibility index (Phi) is 10.2. The number of carboxylic acid groups (broad SMARTS) is 1. The van der Waals surface area contributed by atoms with E-state index in [0.717, 1.165) is 0 Å². The lowest BCUT2D eigenvalue weighted by molar-refractivity contribution is -0.145. The van der Waals surface area contributed by atoms with E-state index in [9.17, 15) is 29.4 Å². The van der Waals surface area contributed by atoms with Gasteiger partial charge in [-0.15, -0.1) is 0 Å². The molecule has 1 aliphatic heterocycles. The van der Waals surface area contributed by atoms with E-state index in [2.05, 4.69) is 20.6 Å². The van der Waals surface area contributed by atoms with Gasteiger partial charge in [0.25, 0.3) is 0 Å². The van der Waals surface area contributed by atoms with E-state index in [1.165, 1.54) is 17.4 Å². The van der Waals surface area contributed by atoms with E-state index in [0.29, 0.717) is 44.3 Å². The molecule has 13 heteroatoms. The topological polar surface area (TPSA) is 217 Å². The lowest BCUT2D eigenvalue weighted by Gasteiger charge is -2.29. The quantitative estimate of drug-likeness (QED) is 0.152. The first-order valence-electron chi connectivity index (χ1n) is 11.0. The van der Waals surface area contributed by atoms with E-state index in [1.54, 1.807) is 0 Å². The lowest BCUT2D eigenvalue weighted by atomic mass is 10.1. The van der Waals surface area contributed by atoms with E-state index >= 15 is 0 Å². The molecular weight excluding hydrogens is 434 g/mol. The molecule has 0 aliphatic carbocycles. The van der Waals surface area contributed by atoms with Gasteiger partial charge in [-0.25, -0.2) is 9.78 Å². The normalized spacial score (nSPS) is 18.4. The summed E-state index contributed by atoms with van der Waals surface area (Å²) in [6.45, 7) is 0.0573. The molecule has 4 atom stereocenters. The van der Waals surface area contributed by atoms with Crippen LogP contribution in [0.25, 0.3) is 0 Å². The molecule has 1 saturated heterocycles. The average molecular weight is 468 g/mol. The highest BCUT2D eigenvalue weighted by molar-refractivity contribution is 5.94. The van der Waals surface area contributed by atoms with Crippen molar-refractivity contribution in [1.29, 1.82) is 0 Å². The summed E-state index contributed by atoms with van der Waals surface area (Å²) < 4.78 is 0. The third kappa shape index (κ3) is 7.51. The zero-order chi connectivity index (χ0) is 24.4. The van der Waals surface area contributed by atoms with Crippen molar-refractivity contribution in [1.82, 2.24) is 25.5 Å². The van der Waals surface area contributed by atoms with Crippen LogP contribution in [0, 0.1) is 0 Å². The second kappa shape index (κ2) is 12.9. The largest absolute Gasteiger partial charge is 0.480 e. The van der Waals surface area contributed by atoms with Gasteiger partial charge in [0, 0.05) is 24.9 Å². The maximum atomic E-state index is 13.0. The van der Waals surface area contributed by atoms with Crippen molar-refractivity contribution >= 4 is 23.7 Å². The number of carbonyl (C=O) groups is 4. The molecule has 1 fully saturated rings. The monoisotopic (exact) mass is 467 g/mol. The Balaban J connectivity index is 1.99. The van der Waals surface area contributed by atoms with E-state index in [4.69, 9.17) is 11.5 Å². The third-order valence-corrected chi connectivity index (χ3v) is 5.54. The highest BCUT2D eigenvalue weighted by Gasteiger charge is 2.39. The maximum Gasteiger partial charge on any atom is 0.326 e. The Hall–Kier alpha value is -3.03. The van der Waals surface area contributed by atoms with Crippen LogP contribution in [0.1, 0.15) is 37.8 Å². The number of nitrogens with two attached hydrogens (primary N) is 2. The number of aliphatic hydroxyl groups is 1. The van der Waals surface area contributed by atoms with Crippen molar-refractivity contribution in [3.8, 4) is 0 Å². The number of nitrogens with one attached hydrogen (secondary N) is 3. The third-order valence-electron chi connectivity index (χ3n) is 5.54. The molecule has 184 valence electrons. The van der Waals surface area contributed by atoms with Crippen LogP contribution in [0.15, 0.2) is 12.5 Å². The van der Waals surface area contributed by atoms with Crippen molar-refractivity contribution in [2.45, 2.75) is 62.7 Å². The number of hydrogen-bond donors (Lipinski definition) is 7. The standard InChI is InChI=1S/C20H33N7O6/c21-6-2-1-4-13(22)17(29)26-15(10-28)19(31)27-7-3-5-16(27)18(30)25-14(20(32)33)8-12-9-23-11-24-12/h9,11,13-16,28H,1-8,10,21-22H2,(H,23,24)(H,25,30)(H,26,29)(H,32,33). The summed E-state index contributed by atoms with van der Waals surface area (Å²) in [6, 6.07) is -4.23. The van der Waals surface area contributed by atoms with Crippen LogP contribution in [0.3, 0.4) is 0 Å². The Morgan fingerprint density at radius 2 is 2.00 bits per heavy atom. The van der Waals surface area contributed by atoms with E-state index < -0.39 is 54.5 Å². The van der Waals surface area contributed by atoms with Crippen LogP contribution in [0.4, 0.5) is 0 Å². The number of rotatable bonds is 13. The molecular formula is C20H33N7O6. The molecule has 4 unspecified atom stereocenters. The van der Waals surface area contributed by atoms with Crippen LogP contribution in [-0.2, 0) is 25.6 Å².